The average Bonchev–Trinajstić information content (AvgIpc) is 1.66. The second-order valence-corrected chi connectivity index (χ2v) is 3.36. The number of rotatable bonds is 4. The van der Waals surface area contributed by atoms with Crippen LogP contribution >= 0.6 is 11.8 Å². The van der Waals surface area contributed by atoms with Gasteiger partial charge in [-0.05, 0) is 24.9 Å². The largest absolute Gasteiger partial charge is 0.328 e. The van der Waals surface area contributed by atoms with Crippen molar-refractivity contribution in [1.29, 1.82) is 0 Å². The van der Waals surface area contributed by atoms with E-state index < -0.39 is 0 Å². The van der Waals surface area contributed by atoms with E-state index in [0.29, 0.717) is 6.04 Å². The van der Waals surface area contributed by atoms with Crippen LogP contribution < -0.4 is 5.73 Å². The third kappa shape index (κ3) is 6.31. The maximum atomic E-state index is 5.52. The van der Waals surface area contributed by atoms with Crippen molar-refractivity contribution < 1.29 is 0 Å². The molecule has 0 heterocycles. The lowest BCUT2D eigenvalue weighted by Crippen LogP contribution is -2.15. The first-order valence-corrected chi connectivity index (χ1v) is 4.26. The molecule has 0 aliphatic carbocycles. The molecule has 0 saturated heterocycles. The molecule has 0 radical (unpaired) electrons. The predicted molar refractivity (Wildman–Crippen MR) is 41.3 cm³/mol. The molecule has 0 amide bonds. The molecule has 0 rings (SSSR count). The molecule has 0 aliphatic heterocycles. The Bertz CT molecular complexity index is 45.8. The van der Waals surface area contributed by atoms with E-state index in [9.17, 15) is 0 Å². The molecule has 2 heteroatoms. The van der Waals surface area contributed by atoms with Gasteiger partial charge in [0.25, 0.3) is 0 Å². The van der Waals surface area contributed by atoms with Crippen molar-refractivity contribution in [2.45, 2.75) is 26.3 Å². The van der Waals surface area contributed by atoms with E-state index in [1.807, 2.05) is 11.8 Å². The molecule has 0 aromatic heterocycles. The molecular weight excluding hydrogens is 118 g/mol. The van der Waals surface area contributed by atoms with Crippen LogP contribution in [0.15, 0.2) is 0 Å². The van der Waals surface area contributed by atoms with Crippen molar-refractivity contribution in [2.75, 3.05) is 11.5 Å². The SMILES string of the molecule is CCSCC[C@H](C)N. The number of hydrogen-bond donors (Lipinski definition) is 1. The highest BCUT2D eigenvalue weighted by Crippen LogP contribution is 2.01. The summed E-state index contributed by atoms with van der Waals surface area (Å²) >= 11 is 1.96. The molecule has 0 aromatic rings. The van der Waals surface area contributed by atoms with Crippen LogP contribution in [0, 0.1) is 0 Å². The highest BCUT2D eigenvalue weighted by atomic mass is 32.2. The molecule has 0 bridgehead atoms. The first-order chi connectivity index (χ1) is 3.77. The molecule has 1 atom stereocenters. The normalized spacial score (nSPS) is 13.9. The number of nitrogens with two attached hydrogens (primary N) is 1. The zero-order valence-corrected chi connectivity index (χ0v) is 6.50. The lowest BCUT2D eigenvalue weighted by molar-refractivity contribution is 0.721. The molecule has 0 saturated carbocycles. The van der Waals surface area contributed by atoms with Crippen LogP contribution in [0.1, 0.15) is 20.3 Å². The molecule has 0 aromatic carbocycles. The van der Waals surface area contributed by atoms with Gasteiger partial charge in [0.05, 0.1) is 0 Å². The van der Waals surface area contributed by atoms with E-state index in [4.69, 9.17) is 5.73 Å². The lowest BCUT2D eigenvalue weighted by atomic mass is 10.3. The molecule has 8 heavy (non-hydrogen) atoms. The molecule has 0 aliphatic rings. The maximum absolute atomic E-state index is 5.52. The van der Waals surface area contributed by atoms with Gasteiger partial charge in [-0.3, -0.25) is 0 Å². The van der Waals surface area contributed by atoms with Crippen molar-refractivity contribution >= 4 is 11.8 Å². The summed E-state index contributed by atoms with van der Waals surface area (Å²) in [5, 5.41) is 0. The van der Waals surface area contributed by atoms with Gasteiger partial charge < -0.3 is 5.73 Å². The zero-order valence-electron chi connectivity index (χ0n) is 5.68. The van der Waals surface area contributed by atoms with Crippen LogP contribution in [-0.2, 0) is 0 Å². The van der Waals surface area contributed by atoms with Crippen molar-refractivity contribution in [3.63, 3.8) is 0 Å². The minimum Gasteiger partial charge on any atom is -0.328 e. The summed E-state index contributed by atoms with van der Waals surface area (Å²) in [6, 6.07) is 0.383. The van der Waals surface area contributed by atoms with Crippen LogP contribution in [0.25, 0.3) is 0 Å². The molecule has 50 valence electrons. The Morgan fingerprint density at radius 3 is 2.62 bits per heavy atom. The summed E-state index contributed by atoms with van der Waals surface area (Å²) in [6.07, 6.45) is 1.15. The minimum absolute atomic E-state index is 0.383. The van der Waals surface area contributed by atoms with Gasteiger partial charge in [0.2, 0.25) is 0 Å². The molecule has 0 unspecified atom stereocenters. The van der Waals surface area contributed by atoms with Gasteiger partial charge in [0, 0.05) is 6.04 Å². The molecule has 2 N–H and O–H groups in total. The third-order valence-corrected chi connectivity index (χ3v) is 1.85. The van der Waals surface area contributed by atoms with Crippen molar-refractivity contribution in [3.8, 4) is 0 Å². The molecule has 1 nitrogen and oxygen atoms in total. The van der Waals surface area contributed by atoms with E-state index in [1.54, 1.807) is 0 Å². The Kier molecular flexibility index (Phi) is 5.66. The van der Waals surface area contributed by atoms with Gasteiger partial charge in [-0.2, -0.15) is 11.8 Å². The lowest BCUT2D eigenvalue weighted by Gasteiger charge is -2.01. The van der Waals surface area contributed by atoms with Crippen molar-refractivity contribution in [2.24, 2.45) is 5.73 Å². The van der Waals surface area contributed by atoms with Crippen LogP contribution in [0.2, 0.25) is 0 Å². The fourth-order valence-corrected chi connectivity index (χ4v) is 1.24. The van der Waals surface area contributed by atoms with E-state index in [1.165, 1.54) is 11.5 Å². The molecule has 0 fully saturated rings. The fraction of sp³-hybridized carbons (Fsp3) is 1.00. The maximum Gasteiger partial charge on any atom is 0.00183 e. The van der Waals surface area contributed by atoms with E-state index in [0.717, 1.165) is 6.42 Å². The Morgan fingerprint density at radius 2 is 2.25 bits per heavy atom. The smallest absolute Gasteiger partial charge is 0.00183 e. The first-order valence-electron chi connectivity index (χ1n) is 3.10. The Labute approximate surface area is 56.0 Å². The Hall–Kier alpha value is 0.310. The van der Waals surface area contributed by atoms with Crippen LogP contribution in [0.4, 0.5) is 0 Å². The third-order valence-electron chi connectivity index (χ3n) is 0.922. The van der Waals surface area contributed by atoms with Crippen LogP contribution in [0.5, 0.6) is 0 Å². The zero-order chi connectivity index (χ0) is 6.41. The highest BCUT2D eigenvalue weighted by Gasteiger charge is 1.90. The van der Waals surface area contributed by atoms with Crippen molar-refractivity contribution in [1.82, 2.24) is 0 Å². The van der Waals surface area contributed by atoms with Gasteiger partial charge in [-0.15, -0.1) is 0 Å². The second-order valence-electron chi connectivity index (χ2n) is 1.96. The average molecular weight is 133 g/mol. The van der Waals surface area contributed by atoms with Gasteiger partial charge in [0.1, 0.15) is 0 Å². The monoisotopic (exact) mass is 133 g/mol. The fourth-order valence-electron chi connectivity index (χ4n) is 0.414. The summed E-state index contributed by atoms with van der Waals surface area (Å²) in [5.41, 5.74) is 5.52. The molecular formula is C6H15NS. The minimum atomic E-state index is 0.383. The second kappa shape index (κ2) is 5.45. The summed E-state index contributed by atoms with van der Waals surface area (Å²) in [7, 11) is 0. The van der Waals surface area contributed by atoms with Crippen molar-refractivity contribution in [3.05, 3.63) is 0 Å². The van der Waals surface area contributed by atoms with Gasteiger partial charge in [-0.1, -0.05) is 6.92 Å². The van der Waals surface area contributed by atoms with Crippen LogP contribution in [0.3, 0.4) is 0 Å². The summed E-state index contributed by atoms with van der Waals surface area (Å²) in [4.78, 5) is 0. The quantitative estimate of drug-likeness (QED) is 0.588. The molecule has 0 spiro atoms. The van der Waals surface area contributed by atoms with Crippen LogP contribution in [-0.4, -0.2) is 17.5 Å². The standard InChI is InChI=1S/C6H15NS/c1-3-8-5-4-6(2)7/h6H,3-5,7H2,1-2H3/t6-/m0/s1. The van der Waals surface area contributed by atoms with Gasteiger partial charge in [0.15, 0.2) is 0 Å². The highest BCUT2D eigenvalue weighted by molar-refractivity contribution is 7.99. The first kappa shape index (κ1) is 8.31. The van der Waals surface area contributed by atoms with E-state index >= 15 is 0 Å². The number of thioether (sulfide) groups is 1. The number of hydrogen-bond acceptors (Lipinski definition) is 2. The predicted octanol–water partition coefficient (Wildman–Crippen LogP) is 1.48. The Morgan fingerprint density at radius 1 is 1.62 bits per heavy atom. The van der Waals surface area contributed by atoms with E-state index in [2.05, 4.69) is 13.8 Å². The summed E-state index contributed by atoms with van der Waals surface area (Å²) < 4.78 is 0. The summed E-state index contributed by atoms with van der Waals surface area (Å²) in [5.74, 6) is 2.43. The van der Waals surface area contributed by atoms with Gasteiger partial charge in [-0.25, -0.2) is 0 Å². The topological polar surface area (TPSA) is 26.0 Å². The summed E-state index contributed by atoms with van der Waals surface area (Å²) in [6.45, 7) is 4.22. The van der Waals surface area contributed by atoms with Gasteiger partial charge >= 0.3 is 0 Å². The van der Waals surface area contributed by atoms with E-state index in [-0.39, 0.29) is 0 Å². The Balaban J connectivity index is 2.72.